The highest BCUT2D eigenvalue weighted by atomic mass is 19.1. The topological polar surface area (TPSA) is 50.4 Å². The summed E-state index contributed by atoms with van der Waals surface area (Å²) in [5.74, 6) is 0.793. The third-order valence-electron chi connectivity index (χ3n) is 4.32. The van der Waals surface area contributed by atoms with E-state index in [9.17, 15) is 4.39 Å². The summed E-state index contributed by atoms with van der Waals surface area (Å²) in [6.45, 7) is 0. The number of halogens is 1. The van der Waals surface area contributed by atoms with Crippen LogP contribution in [0.3, 0.4) is 0 Å². The summed E-state index contributed by atoms with van der Waals surface area (Å²) < 4.78 is 12.9. The minimum absolute atomic E-state index is 0.187. The Morgan fingerprint density at radius 1 is 1.15 bits per heavy atom. The number of rotatable bonds is 3. The molecule has 0 aliphatic heterocycles. The normalized spacial score (nSPS) is 27.4. The second-order valence-corrected chi connectivity index (χ2v) is 5.95. The van der Waals surface area contributed by atoms with Gasteiger partial charge in [-0.25, -0.2) is 9.38 Å². The van der Waals surface area contributed by atoms with Crippen LogP contribution in [0.25, 0.3) is 0 Å². The first-order valence-corrected chi connectivity index (χ1v) is 7.57. The van der Waals surface area contributed by atoms with Crippen LogP contribution in [0.4, 0.5) is 4.39 Å². The Balaban J connectivity index is 1.53. The predicted molar refractivity (Wildman–Crippen MR) is 79.2 cm³/mol. The van der Waals surface area contributed by atoms with Crippen molar-refractivity contribution < 1.29 is 4.39 Å². The van der Waals surface area contributed by atoms with Crippen molar-refractivity contribution in [1.82, 2.24) is 5.32 Å². The first-order chi connectivity index (χ1) is 9.72. The van der Waals surface area contributed by atoms with Crippen molar-refractivity contribution in [1.29, 1.82) is 0 Å². The Morgan fingerprint density at radius 2 is 1.85 bits per heavy atom. The monoisotopic (exact) mass is 275 g/mol. The van der Waals surface area contributed by atoms with Gasteiger partial charge in [-0.05, 0) is 37.0 Å². The summed E-state index contributed by atoms with van der Waals surface area (Å²) in [6, 6.07) is 7.48. The maximum Gasteiger partial charge on any atom is 0.189 e. The van der Waals surface area contributed by atoms with Gasteiger partial charge < -0.3 is 11.1 Å². The van der Waals surface area contributed by atoms with Crippen molar-refractivity contribution in [3.63, 3.8) is 0 Å². The lowest BCUT2D eigenvalue weighted by atomic mass is 9.96. The maximum absolute atomic E-state index is 12.9. The van der Waals surface area contributed by atoms with Crippen LogP contribution in [-0.2, 0) is 0 Å². The SMILES string of the molecule is NC(=N[C@@H]1C[C@H]1c1ccc(F)cc1)NC1CCCCC1. The quantitative estimate of drug-likeness (QED) is 0.658. The van der Waals surface area contributed by atoms with E-state index in [2.05, 4.69) is 10.3 Å². The van der Waals surface area contributed by atoms with E-state index < -0.39 is 0 Å². The molecule has 3 nitrogen and oxygen atoms in total. The maximum atomic E-state index is 12.9. The average Bonchev–Trinajstić information content (AvgIpc) is 3.19. The summed E-state index contributed by atoms with van der Waals surface area (Å²) in [4.78, 5) is 4.55. The van der Waals surface area contributed by atoms with Crippen LogP contribution in [-0.4, -0.2) is 18.0 Å². The smallest absolute Gasteiger partial charge is 0.189 e. The van der Waals surface area contributed by atoms with Crippen molar-refractivity contribution in [2.75, 3.05) is 0 Å². The number of hydrogen-bond acceptors (Lipinski definition) is 1. The summed E-state index contributed by atoms with van der Waals surface area (Å²) >= 11 is 0. The van der Waals surface area contributed by atoms with Gasteiger partial charge in [0.1, 0.15) is 5.82 Å². The van der Waals surface area contributed by atoms with Crippen LogP contribution >= 0.6 is 0 Å². The molecule has 108 valence electrons. The first kappa shape index (κ1) is 13.4. The van der Waals surface area contributed by atoms with E-state index >= 15 is 0 Å². The molecule has 0 saturated heterocycles. The third kappa shape index (κ3) is 3.30. The van der Waals surface area contributed by atoms with Crippen LogP contribution in [0.15, 0.2) is 29.3 Å². The number of benzene rings is 1. The molecule has 0 spiro atoms. The largest absolute Gasteiger partial charge is 0.370 e. The Kier molecular flexibility index (Phi) is 3.90. The van der Waals surface area contributed by atoms with Gasteiger partial charge in [0.05, 0.1) is 6.04 Å². The van der Waals surface area contributed by atoms with E-state index in [1.54, 1.807) is 0 Å². The Hall–Kier alpha value is -1.58. The number of aliphatic imine (C=N–C) groups is 1. The Morgan fingerprint density at radius 3 is 2.55 bits per heavy atom. The molecule has 0 amide bonds. The van der Waals surface area contributed by atoms with Gasteiger partial charge in [-0.3, -0.25) is 0 Å². The Labute approximate surface area is 119 Å². The van der Waals surface area contributed by atoms with Crippen LogP contribution in [0.2, 0.25) is 0 Å². The second-order valence-electron chi connectivity index (χ2n) is 5.95. The second kappa shape index (κ2) is 5.81. The zero-order chi connectivity index (χ0) is 13.9. The fourth-order valence-corrected chi connectivity index (χ4v) is 3.06. The minimum Gasteiger partial charge on any atom is -0.370 e. The molecule has 2 atom stereocenters. The van der Waals surface area contributed by atoms with E-state index in [1.807, 2.05) is 12.1 Å². The molecule has 0 aromatic heterocycles. The molecule has 4 heteroatoms. The molecule has 0 unspecified atom stereocenters. The van der Waals surface area contributed by atoms with Crippen LogP contribution in [0.1, 0.15) is 50.0 Å². The minimum atomic E-state index is -0.187. The molecular weight excluding hydrogens is 253 g/mol. The summed E-state index contributed by atoms with van der Waals surface area (Å²) in [5, 5.41) is 3.34. The molecule has 2 fully saturated rings. The fraction of sp³-hybridized carbons (Fsp3) is 0.562. The number of nitrogens with zero attached hydrogens (tertiary/aromatic N) is 1. The standard InChI is InChI=1S/C16H22FN3/c17-12-8-6-11(7-9-12)14-10-15(14)20-16(18)19-13-4-2-1-3-5-13/h6-9,13-15H,1-5,10H2,(H3,18,19,20)/t14-,15+/m0/s1. The van der Waals surface area contributed by atoms with Gasteiger partial charge in [0, 0.05) is 12.0 Å². The molecule has 0 heterocycles. The molecule has 20 heavy (non-hydrogen) atoms. The van der Waals surface area contributed by atoms with E-state index in [1.165, 1.54) is 44.2 Å². The number of hydrogen-bond donors (Lipinski definition) is 2. The summed E-state index contributed by atoms with van der Waals surface area (Å²) in [5.41, 5.74) is 7.15. The lowest BCUT2D eigenvalue weighted by molar-refractivity contribution is 0.412. The molecule has 1 aromatic carbocycles. The highest BCUT2D eigenvalue weighted by Gasteiger charge is 2.38. The Bertz CT molecular complexity index is 477. The van der Waals surface area contributed by atoms with Crippen LogP contribution in [0, 0.1) is 5.82 Å². The first-order valence-electron chi connectivity index (χ1n) is 7.57. The molecule has 0 radical (unpaired) electrons. The van der Waals surface area contributed by atoms with Gasteiger partial charge in [-0.2, -0.15) is 0 Å². The van der Waals surface area contributed by atoms with Gasteiger partial charge in [0.15, 0.2) is 5.96 Å². The zero-order valence-electron chi connectivity index (χ0n) is 11.7. The average molecular weight is 275 g/mol. The van der Waals surface area contributed by atoms with E-state index in [0.717, 1.165) is 12.0 Å². The molecule has 2 aliphatic carbocycles. The van der Waals surface area contributed by atoms with E-state index in [-0.39, 0.29) is 11.9 Å². The summed E-state index contributed by atoms with van der Waals surface area (Å²) in [7, 11) is 0. The number of nitrogens with one attached hydrogen (secondary N) is 1. The summed E-state index contributed by atoms with van der Waals surface area (Å²) in [6.07, 6.45) is 7.31. The van der Waals surface area contributed by atoms with E-state index in [0.29, 0.717) is 17.9 Å². The highest BCUT2D eigenvalue weighted by Crippen LogP contribution is 2.43. The van der Waals surface area contributed by atoms with Gasteiger partial charge in [0.25, 0.3) is 0 Å². The van der Waals surface area contributed by atoms with Crippen molar-refractivity contribution >= 4 is 5.96 Å². The van der Waals surface area contributed by atoms with Crippen molar-refractivity contribution in [2.24, 2.45) is 10.7 Å². The molecule has 3 N–H and O–H groups in total. The zero-order valence-corrected chi connectivity index (χ0v) is 11.7. The molecule has 2 saturated carbocycles. The van der Waals surface area contributed by atoms with E-state index in [4.69, 9.17) is 5.73 Å². The molecule has 0 bridgehead atoms. The van der Waals surface area contributed by atoms with Gasteiger partial charge >= 0.3 is 0 Å². The lowest BCUT2D eigenvalue weighted by Crippen LogP contribution is -2.41. The van der Waals surface area contributed by atoms with Gasteiger partial charge in [-0.15, -0.1) is 0 Å². The molecule has 1 aromatic rings. The van der Waals surface area contributed by atoms with Gasteiger partial charge in [0.2, 0.25) is 0 Å². The third-order valence-corrected chi connectivity index (χ3v) is 4.32. The fourth-order valence-electron chi connectivity index (χ4n) is 3.06. The van der Waals surface area contributed by atoms with Crippen molar-refractivity contribution in [2.45, 2.75) is 56.5 Å². The molecule has 3 rings (SSSR count). The molecular formula is C16H22FN3. The lowest BCUT2D eigenvalue weighted by Gasteiger charge is -2.23. The van der Waals surface area contributed by atoms with Crippen molar-refractivity contribution in [3.8, 4) is 0 Å². The predicted octanol–water partition coefficient (Wildman–Crippen LogP) is 2.92. The number of nitrogens with two attached hydrogens (primary N) is 1. The molecule has 2 aliphatic rings. The van der Waals surface area contributed by atoms with Gasteiger partial charge in [-0.1, -0.05) is 31.4 Å². The number of guanidine groups is 1. The highest BCUT2D eigenvalue weighted by molar-refractivity contribution is 5.78. The van der Waals surface area contributed by atoms with Crippen molar-refractivity contribution in [3.05, 3.63) is 35.6 Å². The van der Waals surface area contributed by atoms with Crippen LogP contribution in [0.5, 0.6) is 0 Å². The van der Waals surface area contributed by atoms with Crippen LogP contribution < -0.4 is 11.1 Å².